The smallest absolute Gasteiger partial charge is 0.308 e. The number of hydrogen-bond acceptors (Lipinski definition) is 8. The highest BCUT2D eigenvalue weighted by molar-refractivity contribution is 5.71. The zero-order valence-electron chi connectivity index (χ0n) is 24.1. The Morgan fingerprint density at radius 3 is 1.02 bits per heavy atom. The van der Waals surface area contributed by atoms with Crippen molar-refractivity contribution in [2.75, 3.05) is 6.79 Å². The van der Waals surface area contributed by atoms with Gasteiger partial charge < -0.3 is 18.9 Å². The number of unbranched alkanes of at least 4 members (excludes halogenated alkanes) is 8. The zero-order chi connectivity index (χ0) is 29.4. The van der Waals surface area contributed by atoms with E-state index in [0.29, 0.717) is 38.9 Å². The SMILES string of the molecule is O=C(CCCCCCCC(=O)OCc1ccccc1)OCOC(=O)CCCCCCCC(=O)OCc1ccccc1. The van der Waals surface area contributed by atoms with Crippen molar-refractivity contribution in [1.82, 2.24) is 0 Å². The van der Waals surface area contributed by atoms with Crippen LogP contribution in [0.15, 0.2) is 60.7 Å². The lowest BCUT2D eigenvalue weighted by atomic mass is 10.1. The molecule has 0 radical (unpaired) electrons. The number of benzene rings is 2. The van der Waals surface area contributed by atoms with Crippen LogP contribution in [0.5, 0.6) is 0 Å². The second-order valence-corrected chi connectivity index (χ2v) is 9.98. The highest BCUT2D eigenvalue weighted by atomic mass is 16.7. The molecule has 0 saturated carbocycles. The van der Waals surface area contributed by atoms with Gasteiger partial charge >= 0.3 is 23.9 Å². The van der Waals surface area contributed by atoms with Gasteiger partial charge in [-0.05, 0) is 36.8 Å². The van der Waals surface area contributed by atoms with Crippen molar-refractivity contribution in [3.05, 3.63) is 71.8 Å². The van der Waals surface area contributed by atoms with E-state index < -0.39 is 0 Å². The average Bonchev–Trinajstić information content (AvgIpc) is 2.99. The molecule has 0 bridgehead atoms. The molecule has 2 rings (SSSR count). The molecular weight excluding hydrogens is 524 g/mol. The van der Waals surface area contributed by atoms with Crippen LogP contribution in [0.3, 0.4) is 0 Å². The third-order valence-electron chi connectivity index (χ3n) is 6.45. The van der Waals surface area contributed by atoms with E-state index in [9.17, 15) is 19.2 Å². The van der Waals surface area contributed by atoms with Crippen LogP contribution < -0.4 is 0 Å². The molecular formula is C33H44O8. The normalized spacial score (nSPS) is 10.5. The Morgan fingerprint density at radius 2 is 0.683 bits per heavy atom. The molecule has 2 aromatic rings. The molecule has 0 aliphatic heterocycles. The Bertz CT molecular complexity index is 925. The van der Waals surface area contributed by atoms with Crippen LogP contribution in [0.2, 0.25) is 0 Å². The number of hydrogen-bond donors (Lipinski definition) is 0. The van der Waals surface area contributed by atoms with Crippen LogP contribution in [0.1, 0.15) is 101 Å². The lowest BCUT2D eigenvalue weighted by molar-refractivity contribution is -0.167. The maximum atomic E-state index is 11.8. The molecule has 0 spiro atoms. The third kappa shape index (κ3) is 18.3. The van der Waals surface area contributed by atoms with E-state index in [1.54, 1.807) is 0 Å². The van der Waals surface area contributed by atoms with Crippen LogP contribution in [0.25, 0.3) is 0 Å². The van der Waals surface area contributed by atoms with Crippen LogP contribution in [0, 0.1) is 0 Å². The summed E-state index contributed by atoms with van der Waals surface area (Å²) in [7, 11) is 0. The van der Waals surface area contributed by atoms with E-state index in [4.69, 9.17) is 18.9 Å². The zero-order valence-corrected chi connectivity index (χ0v) is 24.1. The summed E-state index contributed by atoms with van der Waals surface area (Å²) in [6.45, 7) is 0.246. The molecule has 0 atom stereocenters. The van der Waals surface area contributed by atoms with Gasteiger partial charge in [0.25, 0.3) is 0 Å². The number of esters is 4. The molecule has 0 unspecified atom stereocenters. The molecule has 0 heterocycles. The van der Waals surface area contributed by atoms with Gasteiger partial charge in [-0.3, -0.25) is 19.2 Å². The molecule has 8 nitrogen and oxygen atoms in total. The number of carbonyl (C=O) groups is 4. The fourth-order valence-corrected chi connectivity index (χ4v) is 4.06. The van der Waals surface area contributed by atoms with Crippen molar-refractivity contribution in [2.24, 2.45) is 0 Å². The van der Waals surface area contributed by atoms with Gasteiger partial charge in [0.05, 0.1) is 0 Å². The topological polar surface area (TPSA) is 105 Å². The van der Waals surface area contributed by atoms with Gasteiger partial charge in [0.2, 0.25) is 6.79 Å². The molecule has 0 aliphatic rings. The van der Waals surface area contributed by atoms with Crippen molar-refractivity contribution in [1.29, 1.82) is 0 Å². The van der Waals surface area contributed by atoms with Crippen LogP contribution in [-0.2, 0) is 51.3 Å². The first-order valence-electron chi connectivity index (χ1n) is 14.7. The monoisotopic (exact) mass is 568 g/mol. The molecule has 0 amide bonds. The minimum absolute atomic E-state index is 0.194. The Morgan fingerprint density at radius 1 is 0.390 bits per heavy atom. The fraction of sp³-hybridized carbons (Fsp3) is 0.515. The van der Waals surface area contributed by atoms with Crippen molar-refractivity contribution >= 4 is 23.9 Å². The lowest BCUT2D eigenvalue weighted by Crippen LogP contribution is -2.12. The molecule has 2 aromatic carbocycles. The standard InChI is InChI=1S/C33H44O8/c34-30(38-25-28-17-9-7-10-18-28)21-13-3-1-5-15-23-32(36)40-27-41-33(37)24-16-6-2-4-14-22-31(35)39-26-29-19-11-8-12-20-29/h7-12,17-20H,1-6,13-16,21-27H2. The van der Waals surface area contributed by atoms with Gasteiger partial charge in [-0.15, -0.1) is 0 Å². The maximum absolute atomic E-state index is 11.8. The van der Waals surface area contributed by atoms with Gasteiger partial charge in [-0.2, -0.15) is 0 Å². The molecule has 224 valence electrons. The number of ether oxygens (including phenoxy) is 4. The number of rotatable bonds is 22. The molecule has 0 N–H and O–H groups in total. The van der Waals surface area contributed by atoms with Gasteiger partial charge in [0.15, 0.2) is 0 Å². The molecule has 0 aliphatic carbocycles. The maximum Gasteiger partial charge on any atom is 0.308 e. The summed E-state index contributed by atoms with van der Waals surface area (Å²) in [6.07, 6.45) is 9.61. The average molecular weight is 569 g/mol. The second kappa shape index (κ2) is 22.1. The van der Waals surface area contributed by atoms with Crippen LogP contribution >= 0.6 is 0 Å². The minimum atomic E-state index is -0.385. The van der Waals surface area contributed by atoms with Gasteiger partial charge in [-0.1, -0.05) is 99.2 Å². The number of carbonyl (C=O) groups excluding carboxylic acids is 4. The summed E-state index contributed by atoms with van der Waals surface area (Å²) >= 11 is 0. The molecule has 41 heavy (non-hydrogen) atoms. The quantitative estimate of drug-likeness (QED) is 0.0648. The summed E-state index contributed by atoms with van der Waals surface area (Å²) in [5, 5.41) is 0. The largest absolute Gasteiger partial charge is 0.461 e. The highest BCUT2D eigenvalue weighted by Crippen LogP contribution is 2.11. The predicted octanol–water partition coefficient (Wildman–Crippen LogP) is 6.98. The van der Waals surface area contributed by atoms with E-state index in [0.717, 1.165) is 62.5 Å². The lowest BCUT2D eigenvalue weighted by Gasteiger charge is -2.07. The van der Waals surface area contributed by atoms with Crippen molar-refractivity contribution in [2.45, 2.75) is 103 Å². The summed E-state index contributed by atoms with van der Waals surface area (Å²) in [6, 6.07) is 19.2. The molecule has 8 heteroatoms. The van der Waals surface area contributed by atoms with Gasteiger partial charge in [-0.25, -0.2) is 0 Å². The Hall–Kier alpha value is -3.68. The van der Waals surface area contributed by atoms with Gasteiger partial charge in [0.1, 0.15) is 13.2 Å². The van der Waals surface area contributed by atoms with Gasteiger partial charge in [0, 0.05) is 25.7 Å². The van der Waals surface area contributed by atoms with Crippen molar-refractivity contribution < 1.29 is 38.1 Å². The van der Waals surface area contributed by atoms with E-state index in [2.05, 4.69) is 0 Å². The Labute approximate surface area is 243 Å². The van der Waals surface area contributed by atoms with Crippen molar-refractivity contribution in [3.63, 3.8) is 0 Å². The molecule has 0 aromatic heterocycles. The van der Waals surface area contributed by atoms with E-state index in [-0.39, 0.29) is 43.5 Å². The first-order valence-corrected chi connectivity index (χ1v) is 14.7. The first kappa shape index (κ1) is 33.5. The summed E-state index contributed by atoms with van der Waals surface area (Å²) in [5.74, 6) is -1.16. The highest BCUT2D eigenvalue weighted by Gasteiger charge is 2.08. The second-order valence-electron chi connectivity index (χ2n) is 9.98. The van der Waals surface area contributed by atoms with E-state index >= 15 is 0 Å². The van der Waals surface area contributed by atoms with Crippen molar-refractivity contribution in [3.8, 4) is 0 Å². The summed E-state index contributed by atoms with van der Waals surface area (Å²) in [5.41, 5.74) is 1.95. The summed E-state index contributed by atoms with van der Waals surface area (Å²) in [4.78, 5) is 47.2. The fourth-order valence-electron chi connectivity index (χ4n) is 4.06. The summed E-state index contributed by atoms with van der Waals surface area (Å²) < 4.78 is 20.5. The Balaban J connectivity index is 1.32. The van der Waals surface area contributed by atoms with E-state index in [1.807, 2.05) is 60.7 Å². The molecule has 0 fully saturated rings. The third-order valence-corrected chi connectivity index (χ3v) is 6.45. The molecule has 0 saturated heterocycles. The predicted molar refractivity (Wildman–Crippen MR) is 154 cm³/mol. The Kier molecular flexibility index (Phi) is 18.0. The van der Waals surface area contributed by atoms with Crippen LogP contribution in [-0.4, -0.2) is 30.7 Å². The first-order chi connectivity index (χ1) is 20.0. The van der Waals surface area contributed by atoms with E-state index in [1.165, 1.54) is 0 Å². The minimum Gasteiger partial charge on any atom is -0.461 e. The van der Waals surface area contributed by atoms with Crippen LogP contribution in [0.4, 0.5) is 0 Å².